The van der Waals surface area contributed by atoms with Crippen LogP contribution in [-0.4, -0.2) is 53.5 Å². The van der Waals surface area contributed by atoms with Gasteiger partial charge in [-0.15, -0.1) is 21.5 Å². The summed E-state index contributed by atoms with van der Waals surface area (Å²) in [7, 11) is -1.30. The third kappa shape index (κ3) is 6.16. The summed E-state index contributed by atoms with van der Waals surface area (Å²) in [5.41, 5.74) is 5.39. The molecule has 2 aliphatic rings. The molecule has 2 amide bonds. The molecular weight excluding hydrogens is 584 g/mol. The van der Waals surface area contributed by atoms with Crippen molar-refractivity contribution in [1.29, 1.82) is 0 Å². The molecule has 0 saturated heterocycles. The molecular formula is C31H39ClN6O2SSi. The average molecular weight is 623 g/mol. The lowest BCUT2D eigenvalue weighted by Gasteiger charge is -2.14. The zero-order valence-corrected chi connectivity index (χ0v) is 28.0. The summed E-state index contributed by atoms with van der Waals surface area (Å²) in [4.78, 5) is 31.9. The molecule has 8 nitrogen and oxygen atoms in total. The minimum atomic E-state index is -1.30. The zero-order valence-electron chi connectivity index (χ0n) is 25.4. The summed E-state index contributed by atoms with van der Waals surface area (Å²) in [5.74, 6) is 1.74. The summed E-state index contributed by atoms with van der Waals surface area (Å²) in [5, 5.41) is 18.1. The van der Waals surface area contributed by atoms with Crippen molar-refractivity contribution in [3.05, 3.63) is 73.3 Å². The van der Waals surface area contributed by atoms with Crippen LogP contribution in [0.2, 0.25) is 24.7 Å². The standard InChI is InChI=1S/C31H39ClN6O2SSi/c1-17-19(3)41-31-27(17)28(21-10-12-22(32)13-11-21)35-24(30-37-36-20(4)38(30)31)15-26(40)33-14-8-9-25(39)34-16-23-18(2)29(23)42(5,6)7/h10-13,23-24H,8-9,14-16H2,1-7H3,(H,33,40)(H,34,39)/t23?,24-/m0/s1. The minimum absolute atomic E-state index is 0.0280. The third-order valence-electron chi connectivity index (χ3n) is 8.16. The number of benzene rings is 1. The Kier molecular flexibility index (Phi) is 8.60. The second-order valence-corrected chi connectivity index (χ2v) is 18.9. The number of carbonyl (C=O) groups is 2. The number of amides is 2. The van der Waals surface area contributed by atoms with E-state index in [2.05, 4.69) is 61.2 Å². The van der Waals surface area contributed by atoms with Crippen LogP contribution in [0.15, 0.2) is 40.0 Å². The first-order valence-corrected chi connectivity index (χ1v) is 19.2. The molecule has 11 heteroatoms. The first kappa shape index (κ1) is 30.4. The Labute approximate surface area is 257 Å². The average Bonchev–Trinajstić information content (AvgIpc) is 3.36. The van der Waals surface area contributed by atoms with Gasteiger partial charge >= 0.3 is 0 Å². The van der Waals surface area contributed by atoms with Crippen LogP contribution in [-0.2, 0) is 9.59 Å². The molecule has 2 aromatic heterocycles. The van der Waals surface area contributed by atoms with Crippen LogP contribution >= 0.6 is 22.9 Å². The van der Waals surface area contributed by atoms with Crippen LogP contribution in [0.5, 0.6) is 0 Å². The lowest BCUT2D eigenvalue weighted by molar-refractivity contribution is -0.123. The van der Waals surface area contributed by atoms with E-state index in [1.807, 2.05) is 35.8 Å². The molecule has 1 unspecified atom stereocenters. The molecule has 222 valence electrons. The fourth-order valence-electron chi connectivity index (χ4n) is 5.92. The number of thiophene rings is 1. The SMILES string of the molecule is CC1=C([Si](C)(C)C)C1CNC(=O)CCCNC(=O)C[C@@H]1N=C(c2ccc(Cl)cc2)c2c(sc(C)c2C)-n2c(C)nnc21. The van der Waals surface area contributed by atoms with Gasteiger partial charge < -0.3 is 10.6 Å². The summed E-state index contributed by atoms with van der Waals surface area (Å²) >= 11 is 7.88. The van der Waals surface area contributed by atoms with E-state index >= 15 is 0 Å². The van der Waals surface area contributed by atoms with E-state index < -0.39 is 14.1 Å². The smallest absolute Gasteiger partial charge is 0.222 e. The molecule has 0 spiro atoms. The monoisotopic (exact) mass is 622 g/mol. The maximum absolute atomic E-state index is 13.1. The van der Waals surface area contributed by atoms with Gasteiger partial charge in [0, 0.05) is 46.5 Å². The van der Waals surface area contributed by atoms with Gasteiger partial charge in [0.25, 0.3) is 0 Å². The first-order valence-electron chi connectivity index (χ1n) is 14.5. The Morgan fingerprint density at radius 3 is 2.40 bits per heavy atom. The number of nitrogens with zero attached hydrogens (tertiary/aromatic N) is 4. The van der Waals surface area contributed by atoms with Crippen LogP contribution < -0.4 is 10.6 Å². The number of nitrogens with one attached hydrogen (secondary N) is 2. The molecule has 2 N–H and O–H groups in total. The van der Waals surface area contributed by atoms with Gasteiger partial charge in [-0.2, -0.15) is 0 Å². The van der Waals surface area contributed by atoms with Crippen molar-refractivity contribution >= 4 is 48.5 Å². The summed E-state index contributed by atoms with van der Waals surface area (Å²) < 4.78 is 2.04. The topological polar surface area (TPSA) is 101 Å². The van der Waals surface area contributed by atoms with Gasteiger partial charge in [0.05, 0.1) is 20.2 Å². The van der Waals surface area contributed by atoms with Gasteiger partial charge in [-0.25, -0.2) is 0 Å². The molecule has 42 heavy (non-hydrogen) atoms. The number of aryl methyl sites for hydroxylation is 2. The van der Waals surface area contributed by atoms with E-state index in [9.17, 15) is 9.59 Å². The molecule has 1 aromatic carbocycles. The highest BCUT2D eigenvalue weighted by Gasteiger charge is 2.41. The maximum Gasteiger partial charge on any atom is 0.222 e. The lowest BCUT2D eigenvalue weighted by atomic mass is 9.99. The maximum atomic E-state index is 13.1. The van der Waals surface area contributed by atoms with Crippen LogP contribution in [0.3, 0.4) is 0 Å². The number of halogens is 1. The van der Waals surface area contributed by atoms with E-state index in [-0.39, 0.29) is 18.2 Å². The van der Waals surface area contributed by atoms with Crippen LogP contribution in [0, 0.1) is 26.7 Å². The third-order valence-corrected chi connectivity index (χ3v) is 12.0. The molecule has 3 heterocycles. The van der Waals surface area contributed by atoms with Crippen LogP contribution in [0.25, 0.3) is 5.00 Å². The Morgan fingerprint density at radius 1 is 1.02 bits per heavy atom. The van der Waals surface area contributed by atoms with Crippen LogP contribution in [0.1, 0.15) is 65.4 Å². The highest BCUT2D eigenvalue weighted by Crippen LogP contribution is 2.44. The molecule has 3 aromatic rings. The van der Waals surface area contributed by atoms with Gasteiger partial charge in [0.1, 0.15) is 16.9 Å². The molecule has 1 aliphatic carbocycles. The quantitative estimate of drug-likeness (QED) is 0.213. The highest BCUT2D eigenvalue weighted by molar-refractivity contribution is 7.15. The van der Waals surface area contributed by atoms with Crippen molar-refractivity contribution in [1.82, 2.24) is 25.4 Å². The summed E-state index contributed by atoms with van der Waals surface area (Å²) in [6.45, 7) is 16.5. The predicted octanol–water partition coefficient (Wildman–Crippen LogP) is 6.03. The predicted molar refractivity (Wildman–Crippen MR) is 173 cm³/mol. The first-order chi connectivity index (χ1) is 19.9. The summed E-state index contributed by atoms with van der Waals surface area (Å²) in [6.07, 6.45) is 1.08. The van der Waals surface area contributed by atoms with E-state index in [1.165, 1.54) is 10.5 Å². The van der Waals surface area contributed by atoms with Crippen molar-refractivity contribution in [2.75, 3.05) is 13.1 Å². The van der Waals surface area contributed by atoms with Gasteiger partial charge in [0.15, 0.2) is 5.82 Å². The fourth-order valence-corrected chi connectivity index (χ4v) is 9.91. The molecule has 1 aliphatic heterocycles. The number of aliphatic imine (C=N–C) groups is 1. The zero-order chi connectivity index (χ0) is 30.3. The van der Waals surface area contributed by atoms with Gasteiger partial charge in [-0.05, 0) is 51.8 Å². The Morgan fingerprint density at radius 2 is 1.74 bits per heavy atom. The second kappa shape index (κ2) is 11.9. The number of aromatic nitrogens is 3. The number of carbonyl (C=O) groups excluding carboxylic acids is 2. The van der Waals surface area contributed by atoms with E-state index in [1.54, 1.807) is 16.5 Å². The summed E-state index contributed by atoms with van der Waals surface area (Å²) in [6, 6.07) is 7.12. The minimum Gasteiger partial charge on any atom is -0.356 e. The van der Waals surface area contributed by atoms with E-state index in [0.29, 0.717) is 42.7 Å². The molecule has 0 saturated carbocycles. The molecule has 0 radical (unpaired) electrons. The number of fused-ring (bicyclic) bond motifs is 3. The normalized spacial score (nSPS) is 17.8. The Bertz CT molecular complexity index is 1600. The second-order valence-electron chi connectivity index (χ2n) is 12.3. The number of rotatable bonds is 10. The van der Waals surface area contributed by atoms with E-state index in [4.69, 9.17) is 16.6 Å². The Hall–Kier alpha value is -3.08. The highest BCUT2D eigenvalue weighted by atomic mass is 35.5. The molecule has 0 bridgehead atoms. The van der Waals surface area contributed by atoms with Crippen LogP contribution in [0.4, 0.5) is 0 Å². The molecule has 0 fully saturated rings. The number of hydrogen-bond donors (Lipinski definition) is 2. The fraction of sp³-hybridized carbons (Fsp3) is 0.452. The lowest BCUT2D eigenvalue weighted by Crippen LogP contribution is -2.30. The largest absolute Gasteiger partial charge is 0.356 e. The van der Waals surface area contributed by atoms with Crippen molar-refractivity contribution in [3.8, 4) is 5.00 Å². The van der Waals surface area contributed by atoms with Gasteiger partial charge in [0.2, 0.25) is 11.8 Å². The van der Waals surface area contributed by atoms with Gasteiger partial charge in [-0.3, -0.25) is 19.1 Å². The van der Waals surface area contributed by atoms with Crippen molar-refractivity contribution in [3.63, 3.8) is 0 Å². The van der Waals surface area contributed by atoms with Gasteiger partial charge in [-0.1, -0.05) is 54.1 Å². The van der Waals surface area contributed by atoms with Crippen molar-refractivity contribution in [2.24, 2.45) is 10.9 Å². The Balaban J connectivity index is 1.24. The van der Waals surface area contributed by atoms with E-state index in [0.717, 1.165) is 33.2 Å². The number of hydrogen-bond acceptors (Lipinski definition) is 6. The molecule has 5 rings (SSSR count). The molecule has 2 atom stereocenters. The van der Waals surface area contributed by atoms with Crippen molar-refractivity contribution in [2.45, 2.75) is 72.6 Å². The van der Waals surface area contributed by atoms with Crippen molar-refractivity contribution < 1.29 is 9.59 Å².